The molecule has 0 radical (unpaired) electrons. The van der Waals surface area contributed by atoms with Crippen LogP contribution in [0.5, 0.6) is 0 Å². The lowest BCUT2D eigenvalue weighted by atomic mass is 10.2. The van der Waals surface area contributed by atoms with E-state index in [0.717, 1.165) is 18.7 Å². The lowest BCUT2D eigenvalue weighted by Gasteiger charge is -2.20. The first-order valence-corrected chi connectivity index (χ1v) is 12.6. The van der Waals surface area contributed by atoms with Crippen molar-refractivity contribution in [3.8, 4) is 0 Å². The number of carbonyl (C=O) groups excluding carboxylic acids is 2. The Labute approximate surface area is 213 Å². The van der Waals surface area contributed by atoms with Gasteiger partial charge in [-0.3, -0.25) is 14.7 Å². The minimum atomic E-state index is -0.312. The summed E-state index contributed by atoms with van der Waals surface area (Å²) in [4.78, 5) is 40.1. The molecule has 3 aromatic rings. The zero-order chi connectivity index (χ0) is 25.0. The Morgan fingerprint density at radius 1 is 1.20 bits per heavy atom. The van der Waals surface area contributed by atoms with Gasteiger partial charge < -0.3 is 19.9 Å². The van der Waals surface area contributed by atoms with Gasteiger partial charge in [-0.25, -0.2) is 14.8 Å². The van der Waals surface area contributed by atoms with Crippen LogP contribution in [-0.2, 0) is 17.7 Å². The third kappa shape index (κ3) is 8.93. The van der Waals surface area contributed by atoms with Crippen molar-refractivity contribution in [2.24, 2.45) is 0 Å². The number of nitrogens with one attached hydrogen (secondary N) is 2. The predicted octanol–water partition coefficient (Wildman–Crippen LogP) is 3.39. The summed E-state index contributed by atoms with van der Waals surface area (Å²) in [6, 6.07) is 3.27. The van der Waals surface area contributed by atoms with Gasteiger partial charge in [-0.1, -0.05) is 22.9 Å². The zero-order valence-corrected chi connectivity index (χ0v) is 21.4. The van der Waals surface area contributed by atoms with E-state index in [2.05, 4.69) is 25.6 Å². The van der Waals surface area contributed by atoms with E-state index in [1.807, 2.05) is 30.7 Å². The number of rotatable bonds is 13. The van der Waals surface area contributed by atoms with Gasteiger partial charge in [0.05, 0.1) is 30.3 Å². The van der Waals surface area contributed by atoms with Gasteiger partial charge >= 0.3 is 6.03 Å². The highest BCUT2D eigenvalue weighted by molar-refractivity contribution is 7.17. The summed E-state index contributed by atoms with van der Waals surface area (Å²) in [5.41, 5.74) is 0.794. The van der Waals surface area contributed by atoms with E-state index >= 15 is 0 Å². The SMILES string of the molecule is CC(C)OCCNC(=O)N(CCc1ccc(Cl)cn1)c1ncc(C(=O)NCCCn2ccnc2)s1. The molecule has 3 amide bonds. The summed E-state index contributed by atoms with van der Waals surface area (Å²) in [5, 5.41) is 6.74. The number of hydrogen-bond donors (Lipinski definition) is 2. The van der Waals surface area contributed by atoms with Gasteiger partial charge in [0.1, 0.15) is 4.88 Å². The number of pyridine rings is 1. The van der Waals surface area contributed by atoms with E-state index in [1.54, 1.807) is 24.8 Å². The molecule has 188 valence electrons. The Balaban J connectivity index is 1.59. The molecule has 0 bridgehead atoms. The normalized spacial score (nSPS) is 11.0. The first kappa shape index (κ1) is 26.6. The lowest BCUT2D eigenvalue weighted by Crippen LogP contribution is -2.42. The number of hydrogen-bond acceptors (Lipinski definition) is 7. The molecule has 0 atom stereocenters. The molecule has 2 N–H and O–H groups in total. The highest BCUT2D eigenvalue weighted by Crippen LogP contribution is 2.23. The second kappa shape index (κ2) is 13.8. The highest BCUT2D eigenvalue weighted by Gasteiger charge is 2.21. The van der Waals surface area contributed by atoms with E-state index in [0.29, 0.717) is 47.7 Å². The van der Waals surface area contributed by atoms with Crippen molar-refractivity contribution in [1.29, 1.82) is 0 Å². The van der Waals surface area contributed by atoms with Crippen LogP contribution >= 0.6 is 22.9 Å². The molecule has 3 rings (SSSR count). The maximum Gasteiger partial charge on any atom is 0.323 e. The summed E-state index contributed by atoms with van der Waals surface area (Å²) in [6.45, 7) is 6.27. The van der Waals surface area contributed by atoms with Crippen LogP contribution in [0.2, 0.25) is 5.02 Å². The Morgan fingerprint density at radius 2 is 2.06 bits per heavy atom. The van der Waals surface area contributed by atoms with Gasteiger partial charge in [0, 0.05) is 56.9 Å². The zero-order valence-electron chi connectivity index (χ0n) is 19.8. The van der Waals surface area contributed by atoms with Crippen LogP contribution in [0, 0.1) is 0 Å². The fourth-order valence-electron chi connectivity index (χ4n) is 3.08. The van der Waals surface area contributed by atoms with Gasteiger partial charge in [0.25, 0.3) is 5.91 Å². The third-order valence-electron chi connectivity index (χ3n) is 4.84. The average molecular weight is 520 g/mol. The molecule has 12 heteroatoms. The van der Waals surface area contributed by atoms with Crippen LogP contribution in [0.25, 0.3) is 0 Å². The molecule has 10 nitrogen and oxygen atoms in total. The molecule has 0 aliphatic heterocycles. The minimum Gasteiger partial charge on any atom is -0.377 e. The van der Waals surface area contributed by atoms with Crippen molar-refractivity contribution < 1.29 is 14.3 Å². The summed E-state index contributed by atoms with van der Waals surface area (Å²) in [7, 11) is 0. The molecule has 0 aliphatic rings. The summed E-state index contributed by atoms with van der Waals surface area (Å²) < 4.78 is 7.45. The smallest absolute Gasteiger partial charge is 0.323 e. The van der Waals surface area contributed by atoms with Crippen molar-refractivity contribution in [2.45, 2.75) is 39.3 Å². The molecule has 3 aromatic heterocycles. The number of nitrogens with zero attached hydrogens (tertiary/aromatic N) is 5. The van der Waals surface area contributed by atoms with E-state index in [4.69, 9.17) is 16.3 Å². The number of halogens is 1. The fourth-order valence-corrected chi connectivity index (χ4v) is 4.05. The average Bonchev–Trinajstić information content (AvgIpc) is 3.53. The Morgan fingerprint density at radius 3 is 2.77 bits per heavy atom. The van der Waals surface area contributed by atoms with Gasteiger partial charge in [-0.15, -0.1) is 0 Å². The number of imidazole rings is 1. The van der Waals surface area contributed by atoms with Crippen molar-refractivity contribution in [3.05, 3.63) is 58.8 Å². The number of aryl methyl sites for hydroxylation is 1. The molecule has 0 saturated heterocycles. The molecule has 0 aromatic carbocycles. The van der Waals surface area contributed by atoms with Crippen LogP contribution in [0.4, 0.5) is 9.93 Å². The Hall–Kier alpha value is -3.02. The number of urea groups is 1. The topological polar surface area (TPSA) is 114 Å². The molecule has 0 saturated carbocycles. The number of aromatic nitrogens is 4. The lowest BCUT2D eigenvalue weighted by molar-refractivity contribution is 0.0819. The maximum atomic E-state index is 12.9. The number of amides is 3. The molecule has 35 heavy (non-hydrogen) atoms. The van der Waals surface area contributed by atoms with E-state index in [9.17, 15) is 9.59 Å². The van der Waals surface area contributed by atoms with Gasteiger partial charge in [0.15, 0.2) is 5.13 Å². The van der Waals surface area contributed by atoms with Crippen LogP contribution < -0.4 is 15.5 Å². The minimum absolute atomic E-state index is 0.0824. The van der Waals surface area contributed by atoms with Crippen molar-refractivity contribution in [1.82, 2.24) is 30.2 Å². The first-order chi connectivity index (χ1) is 16.9. The highest BCUT2D eigenvalue weighted by atomic mass is 35.5. The fraction of sp³-hybridized carbons (Fsp3) is 0.435. The Kier molecular flexibility index (Phi) is 10.5. The Bertz CT molecular complexity index is 1060. The molecule has 0 aliphatic carbocycles. The van der Waals surface area contributed by atoms with Crippen molar-refractivity contribution >= 4 is 40.0 Å². The van der Waals surface area contributed by atoms with Gasteiger partial charge in [0.2, 0.25) is 0 Å². The van der Waals surface area contributed by atoms with Crippen molar-refractivity contribution in [3.63, 3.8) is 0 Å². The first-order valence-electron chi connectivity index (χ1n) is 11.4. The number of thiazole rings is 1. The number of carbonyl (C=O) groups is 2. The van der Waals surface area contributed by atoms with Crippen LogP contribution in [0.3, 0.4) is 0 Å². The van der Waals surface area contributed by atoms with Crippen LogP contribution in [0.15, 0.2) is 43.2 Å². The van der Waals surface area contributed by atoms with Crippen LogP contribution in [-0.4, -0.2) is 63.8 Å². The third-order valence-corrected chi connectivity index (χ3v) is 6.08. The maximum absolute atomic E-state index is 12.9. The summed E-state index contributed by atoms with van der Waals surface area (Å²) >= 11 is 7.09. The molecule has 0 spiro atoms. The second-order valence-electron chi connectivity index (χ2n) is 7.94. The summed E-state index contributed by atoms with van der Waals surface area (Å²) in [6.07, 6.45) is 9.77. The summed E-state index contributed by atoms with van der Waals surface area (Å²) in [5.74, 6) is -0.218. The van der Waals surface area contributed by atoms with Gasteiger partial charge in [-0.2, -0.15) is 0 Å². The molecule has 0 unspecified atom stereocenters. The standard InChI is InChI=1S/C23H30ClN7O3S/c1-17(2)34-13-9-27-22(33)31(11-6-19-5-4-18(24)14-28-19)23-29-15-20(35-23)21(32)26-7-3-10-30-12-8-25-16-30/h4-5,8,12,14-17H,3,6-7,9-11,13H2,1-2H3,(H,26,32)(H,27,33). The number of anilines is 1. The largest absolute Gasteiger partial charge is 0.377 e. The molecular weight excluding hydrogens is 490 g/mol. The molecule has 0 fully saturated rings. The van der Waals surface area contributed by atoms with E-state index < -0.39 is 0 Å². The van der Waals surface area contributed by atoms with E-state index in [-0.39, 0.29) is 18.0 Å². The molecular formula is C23H30ClN7O3S. The monoisotopic (exact) mass is 519 g/mol. The van der Waals surface area contributed by atoms with Crippen LogP contribution in [0.1, 0.15) is 35.6 Å². The quantitative estimate of drug-likeness (QED) is 0.334. The number of ether oxygens (including phenoxy) is 1. The second-order valence-corrected chi connectivity index (χ2v) is 9.38. The predicted molar refractivity (Wildman–Crippen MR) is 136 cm³/mol. The van der Waals surface area contributed by atoms with E-state index in [1.165, 1.54) is 22.4 Å². The molecule has 3 heterocycles. The van der Waals surface area contributed by atoms with Gasteiger partial charge in [-0.05, 0) is 32.4 Å². The van der Waals surface area contributed by atoms with Crippen molar-refractivity contribution in [2.75, 3.05) is 31.1 Å².